The molecule has 1 N–H and O–H groups in total. The van der Waals surface area contributed by atoms with Gasteiger partial charge in [-0.2, -0.15) is 0 Å². The van der Waals surface area contributed by atoms with Crippen molar-refractivity contribution in [1.29, 1.82) is 0 Å². The summed E-state index contributed by atoms with van der Waals surface area (Å²) in [7, 11) is 0. The van der Waals surface area contributed by atoms with Crippen LogP contribution in [0.3, 0.4) is 0 Å². The summed E-state index contributed by atoms with van der Waals surface area (Å²) in [5.41, 5.74) is 0.979. The zero-order valence-corrected chi connectivity index (χ0v) is 18.5. The summed E-state index contributed by atoms with van der Waals surface area (Å²) >= 11 is 2.22. The second kappa shape index (κ2) is 11.7. The van der Waals surface area contributed by atoms with Crippen LogP contribution in [0.15, 0.2) is 54.6 Å². The van der Waals surface area contributed by atoms with E-state index in [1.165, 1.54) is 0 Å². The van der Waals surface area contributed by atoms with Crippen LogP contribution in [0.5, 0.6) is 5.75 Å². The van der Waals surface area contributed by atoms with Gasteiger partial charge in [0.2, 0.25) is 5.91 Å². The molecule has 0 radical (unpaired) electrons. The normalized spacial score (nSPS) is 11.5. The topological polar surface area (TPSA) is 58.6 Å². The Balaban J connectivity index is 2.14. The third-order valence-electron chi connectivity index (χ3n) is 4.31. The molecule has 6 heteroatoms. The summed E-state index contributed by atoms with van der Waals surface area (Å²) in [5.74, 6) is 0.306. The molecule has 0 heterocycles. The first-order valence-electron chi connectivity index (χ1n) is 9.54. The van der Waals surface area contributed by atoms with Crippen LogP contribution >= 0.6 is 22.6 Å². The molecule has 28 heavy (non-hydrogen) atoms. The van der Waals surface area contributed by atoms with Crippen molar-refractivity contribution in [3.8, 4) is 5.75 Å². The molecule has 0 aromatic heterocycles. The first kappa shape index (κ1) is 22.2. The molecule has 0 aliphatic carbocycles. The van der Waals surface area contributed by atoms with Gasteiger partial charge in [0, 0.05) is 16.7 Å². The quantitative estimate of drug-likeness (QED) is 0.508. The van der Waals surface area contributed by atoms with Gasteiger partial charge in [0.15, 0.2) is 6.61 Å². The molecule has 0 unspecified atom stereocenters. The highest BCUT2D eigenvalue weighted by Gasteiger charge is 2.28. The number of halogens is 1. The highest BCUT2D eigenvalue weighted by atomic mass is 127. The van der Waals surface area contributed by atoms with E-state index in [9.17, 15) is 9.59 Å². The molecule has 0 aliphatic heterocycles. The molecule has 0 fully saturated rings. The molecule has 0 bridgehead atoms. The van der Waals surface area contributed by atoms with Crippen LogP contribution in [-0.4, -0.2) is 35.9 Å². The van der Waals surface area contributed by atoms with Crippen LogP contribution in [0.4, 0.5) is 0 Å². The number of carbonyl (C=O) groups excluding carboxylic acids is 2. The predicted molar refractivity (Wildman–Crippen MR) is 119 cm³/mol. The number of benzene rings is 2. The van der Waals surface area contributed by atoms with E-state index in [-0.39, 0.29) is 18.4 Å². The van der Waals surface area contributed by atoms with Crippen molar-refractivity contribution in [2.45, 2.75) is 39.3 Å². The second-order valence-corrected chi connectivity index (χ2v) is 7.71. The van der Waals surface area contributed by atoms with Crippen molar-refractivity contribution in [1.82, 2.24) is 10.2 Å². The van der Waals surface area contributed by atoms with Crippen LogP contribution < -0.4 is 10.1 Å². The van der Waals surface area contributed by atoms with Gasteiger partial charge in [0.05, 0.1) is 0 Å². The fourth-order valence-electron chi connectivity index (χ4n) is 2.82. The van der Waals surface area contributed by atoms with Gasteiger partial charge in [0.25, 0.3) is 5.91 Å². The molecular formula is C22H27IN2O3. The lowest BCUT2D eigenvalue weighted by Gasteiger charge is -2.30. The number of rotatable bonds is 10. The molecule has 150 valence electrons. The smallest absolute Gasteiger partial charge is 0.261 e. The van der Waals surface area contributed by atoms with Gasteiger partial charge in [-0.05, 0) is 65.3 Å². The number of amides is 2. The molecule has 2 aromatic carbocycles. The average molecular weight is 494 g/mol. The van der Waals surface area contributed by atoms with Gasteiger partial charge in [-0.3, -0.25) is 9.59 Å². The molecule has 1 atom stereocenters. The first-order chi connectivity index (χ1) is 13.5. The molecule has 0 saturated carbocycles. The molecule has 2 amide bonds. The lowest BCUT2D eigenvalue weighted by atomic mass is 10.1. The Bertz CT molecular complexity index is 750. The van der Waals surface area contributed by atoms with E-state index in [2.05, 4.69) is 27.9 Å². The fourth-order valence-corrected chi connectivity index (χ4v) is 3.18. The third kappa shape index (κ3) is 6.82. The monoisotopic (exact) mass is 494 g/mol. The molecule has 2 aromatic rings. The van der Waals surface area contributed by atoms with Crippen molar-refractivity contribution in [2.75, 3.05) is 13.2 Å². The van der Waals surface area contributed by atoms with Crippen molar-refractivity contribution in [3.05, 3.63) is 63.7 Å². The van der Waals surface area contributed by atoms with Crippen LogP contribution in [0.2, 0.25) is 0 Å². The molecule has 5 nitrogen and oxygen atoms in total. The number of nitrogens with zero attached hydrogens (tertiary/aromatic N) is 1. The molecule has 2 rings (SSSR count). The number of ether oxygens (including phenoxy) is 1. The second-order valence-electron chi connectivity index (χ2n) is 6.46. The summed E-state index contributed by atoms with van der Waals surface area (Å²) in [5, 5.41) is 2.91. The van der Waals surface area contributed by atoms with Crippen molar-refractivity contribution >= 4 is 34.4 Å². The van der Waals surface area contributed by atoms with Crippen LogP contribution in [-0.2, 0) is 16.1 Å². The standard InChI is InChI=1S/C22H27IN2O3/c1-3-14-24-22(27)20(4-2)25(15-17-8-6-5-7-9-17)21(26)16-28-19-12-10-18(23)11-13-19/h5-13,20H,3-4,14-16H2,1-2H3,(H,24,27)/t20-/m1/s1. The predicted octanol–water partition coefficient (Wildman–Crippen LogP) is 4.00. The summed E-state index contributed by atoms with van der Waals surface area (Å²) in [6.45, 7) is 4.78. The highest BCUT2D eigenvalue weighted by molar-refractivity contribution is 14.1. The summed E-state index contributed by atoms with van der Waals surface area (Å²) in [6.07, 6.45) is 1.39. The van der Waals surface area contributed by atoms with Crippen molar-refractivity contribution in [3.63, 3.8) is 0 Å². The molecule has 0 aliphatic rings. The van der Waals surface area contributed by atoms with E-state index in [4.69, 9.17) is 4.74 Å². The fraction of sp³-hybridized carbons (Fsp3) is 0.364. The summed E-state index contributed by atoms with van der Waals surface area (Å²) in [4.78, 5) is 27.2. The number of hydrogen-bond acceptors (Lipinski definition) is 3. The van der Waals surface area contributed by atoms with Crippen LogP contribution in [0.1, 0.15) is 32.3 Å². The molecule has 0 saturated heterocycles. The minimum atomic E-state index is -0.528. The zero-order valence-electron chi connectivity index (χ0n) is 16.4. The van der Waals surface area contributed by atoms with Gasteiger partial charge in [-0.25, -0.2) is 0 Å². The van der Waals surface area contributed by atoms with Crippen molar-refractivity contribution < 1.29 is 14.3 Å². The third-order valence-corrected chi connectivity index (χ3v) is 5.03. The number of hydrogen-bond donors (Lipinski definition) is 1. The highest BCUT2D eigenvalue weighted by Crippen LogP contribution is 2.16. The van der Waals surface area contributed by atoms with Gasteiger partial charge >= 0.3 is 0 Å². The zero-order chi connectivity index (χ0) is 20.4. The van der Waals surface area contributed by atoms with E-state index in [1.54, 1.807) is 4.90 Å². The Morgan fingerprint density at radius 2 is 1.75 bits per heavy atom. The molecular weight excluding hydrogens is 467 g/mol. The van der Waals surface area contributed by atoms with Gasteiger partial charge in [-0.1, -0.05) is 44.2 Å². The van der Waals surface area contributed by atoms with E-state index in [0.29, 0.717) is 25.3 Å². The van der Waals surface area contributed by atoms with Crippen molar-refractivity contribution in [2.24, 2.45) is 0 Å². The maximum atomic E-state index is 13.0. The average Bonchev–Trinajstić information content (AvgIpc) is 2.72. The summed E-state index contributed by atoms with van der Waals surface area (Å²) < 4.78 is 6.77. The van der Waals surface area contributed by atoms with E-state index >= 15 is 0 Å². The first-order valence-corrected chi connectivity index (χ1v) is 10.6. The Morgan fingerprint density at radius 1 is 1.07 bits per heavy atom. The Hall–Kier alpha value is -2.09. The molecule has 0 spiro atoms. The number of carbonyl (C=O) groups is 2. The lowest BCUT2D eigenvalue weighted by molar-refractivity contribution is -0.143. The maximum absolute atomic E-state index is 13.0. The van der Waals surface area contributed by atoms with E-state index in [1.807, 2.05) is 68.4 Å². The van der Waals surface area contributed by atoms with Gasteiger partial charge < -0.3 is 15.0 Å². The Labute approximate surface area is 180 Å². The van der Waals surface area contributed by atoms with Gasteiger partial charge in [0.1, 0.15) is 11.8 Å². The maximum Gasteiger partial charge on any atom is 0.261 e. The van der Waals surface area contributed by atoms with Gasteiger partial charge in [-0.15, -0.1) is 0 Å². The SMILES string of the molecule is CCCNC(=O)[C@@H](CC)N(Cc1ccccc1)C(=O)COc1ccc(I)cc1. The van der Waals surface area contributed by atoms with E-state index in [0.717, 1.165) is 15.6 Å². The Morgan fingerprint density at radius 3 is 2.36 bits per heavy atom. The Kier molecular flexibility index (Phi) is 9.27. The minimum Gasteiger partial charge on any atom is -0.484 e. The van der Waals surface area contributed by atoms with Crippen LogP contribution in [0, 0.1) is 3.57 Å². The largest absolute Gasteiger partial charge is 0.484 e. The van der Waals surface area contributed by atoms with Crippen LogP contribution in [0.25, 0.3) is 0 Å². The van der Waals surface area contributed by atoms with E-state index < -0.39 is 6.04 Å². The summed E-state index contributed by atoms with van der Waals surface area (Å²) in [6, 6.07) is 16.7. The minimum absolute atomic E-state index is 0.106. The number of nitrogens with one attached hydrogen (secondary N) is 1. The lowest BCUT2D eigenvalue weighted by Crippen LogP contribution is -2.50.